The van der Waals surface area contributed by atoms with E-state index in [4.69, 9.17) is 0 Å². The first kappa shape index (κ1) is 13.0. The first-order valence-electron chi connectivity index (χ1n) is 6.16. The highest BCUT2D eigenvalue weighted by Gasteiger charge is 1.95. The normalized spacial score (nSPS) is 10.6. The fraction of sp³-hybridized carbons (Fsp3) is 0.125. The van der Waals surface area contributed by atoms with Crippen molar-refractivity contribution < 1.29 is 4.79 Å². The van der Waals surface area contributed by atoms with Crippen LogP contribution in [0.4, 0.5) is 0 Å². The van der Waals surface area contributed by atoms with Crippen LogP contribution in [0.5, 0.6) is 0 Å². The van der Waals surface area contributed by atoms with E-state index in [0.29, 0.717) is 6.54 Å². The predicted octanol–water partition coefficient (Wildman–Crippen LogP) is 2.89. The van der Waals surface area contributed by atoms with E-state index in [0.717, 1.165) is 16.8 Å². The Morgan fingerprint density at radius 3 is 2.58 bits per heavy atom. The van der Waals surface area contributed by atoms with Crippen LogP contribution in [-0.2, 0) is 11.3 Å². The molecular formula is C16H16N2O. The minimum absolute atomic E-state index is 0.0342. The van der Waals surface area contributed by atoms with Crippen LogP contribution in [0.15, 0.2) is 48.7 Å². The van der Waals surface area contributed by atoms with Crippen LogP contribution < -0.4 is 5.32 Å². The van der Waals surface area contributed by atoms with Crippen molar-refractivity contribution in [3.8, 4) is 0 Å². The number of nitrogens with one attached hydrogen (secondary N) is 1. The number of hydrogen-bond acceptors (Lipinski definition) is 2. The number of pyridine rings is 1. The zero-order chi connectivity index (χ0) is 13.5. The molecule has 1 amide bonds. The highest BCUT2D eigenvalue weighted by Crippen LogP contribution is 2.07. The molecule has 0 atom stereocenters. The number of benzene rings is 1. The molecule has 1 aromatic heterocycles. The average molecular weight is 252 g/mol. The number of carbonyl (C=O) groups is 1. The Hall–Kier alpha value is -2.42. The van der Waals surface area contributed by atoms with Crippen molar-refractivity contribution in [1.29, 1.82) is 0 Å². The van der Waals surface area contributed by atoms with Gasteiger partial charge in [-0.2, -0.15) is 0 Å². The van der Waals surface area contributed by atoms with Crippen LogP contribution >= 0.6 is 0 Å². The molecule has 19 heavy (non-hydrogen) atoms. The number of hydrogen-bond donors (Lipinski definition) is 1. The molecule has 2 aromatic rings. The van der Waals surface area contributed by atoms with Gasteiger partial charge >= 0.3 is 0 Å². The van der Waals surface area contributed by atoms with Gasteiger partial charge < -0.3 is 5.32 Å². The standard InChI is InChI=1S/C16H16N2O/c1-13(19)17-11-15-8-10-16(18-12-15)9-7-14-5-3-2-4-6-14/h2-10,12H,11H2,1H3,(H,17,19)/b9-7+. The highest BCUT2D eigenvalue weighted by atomic mass is 16.1. The van der Waals surface area contributed by atoms with Gasteiger partial charge in [-0.05, 0) is 23.3 Å². The Labute approximate surface area is 113 Å². The van der Waals surface area contributed by atoms with E-state index >= 15 is 0 Å². The monoisotopic (exact) mass is 252 g/mol. The Kier molecular flexibility index (Phi) is 4.45. The highest BCUT2D eigenvalue weighted by molar-refractivity contribution is 5.72. The molecule has 1 heterocycles. The number of carbonyl (C=O) groups excluding carboxylic acids is 1. The fourth-order valence-electron chi connectivity index (χ4n) is 1.61. The van der Waals surface area contributed by atoms with E-state index in [-0.39, 0.29) is 5.91 Å². The summed E-state index contributed by atoms with van der Waals surface area (Å²) in [5, 5.41) is 2.74. The van der Waals surface area contributed by atoms with Crippen molar-refractivity contribution in [2.75, 3.05) is 0 Å². The number of amides is 1. The number of rotatable bonds is 4. The van der Waals surface area contributed by atoms with Gasteiger partial charge in [-0.15, -0.1) is 0 Å². The van der Waals surface area contributed by atoms with E-state index in [1.165, 1.54) is 6.92 Å². The molecule has 3 nitrogen and oxygen atoms in total. The largest absolute Gasteiger partial charge is 0.352 e. The summed E-state index contributed by atoms with van der Waals surface area (Å²) in [6, 6.07) is 14.0. The summed E-state index contributed by atoms with van der Waals surface area (Å²) in [6.45, 7) is 2.02. The van der Waals surface area contributed by atoms with Crippen molar-refractivity contribution in [3.63, 3.8) is 0 Å². The molecule has 0 saturated carbocycles. The lowest BCUT2D eigenvalue weighted by Gasteiger charge is -2.02. The summed E-state index contributed by atoms with van der Waals surface area (Å²) in [5.74, 6) is -0.0342. The molecule has 96 valence electrons. The molecule has 0 radical (unpaired) electrons. The lowest BCUT2D eigenvalue weighted by molar-refractivity contribution is -0.119. The smallest absolute Gasteiger partial charge is 0.217 e. The molecule has 1 aromatic carbocycles. The van der Waals surface area contributed by atoms with Gasteiger partial charge in [0.25, 0.3) is 0 Å². The molecule has 0 aliphatic rings. The Morgan fingerprint density at radius 2 is 1.95 bits per heavy atom. The van der Waals surface area contributed by atoms with Crippen molar-refractivity contribution in [2.45, 2.75) is 13.5 Å². The fourth-order valence-corrected chi connectivity index (χ4v) is 1.61. The molecular weight excluding hydrogens is 236 g/mol. The van der Waals surface area contributed by atoms with Crippen molar-refractivity contribution >= 4 is 18.1 Å². The number of aromatic nitrogens is 1. The summed E-state index contributed by atoms with van der Waals surface area (Å²) in [7, 11) is 0. The van der Waals surface area contributed by atoms with Gasteiger partial charge in [-0.25, -0.2) is 0 Å². The van der Waals surface area contributed by atoms with E-state index in [9.17, 15) is 4.79 Å². The maximum Gasteiger partial charge on any atom is 0.217 e. The van der Waals surface area contributed by atoms with Crippen LogP contribution in [0, 0.1) is 0 Å². The quantitative estimate of drug-likeness (QED) is 0.909. The first-order chi connectivity index (χ1) is 9.24. The lowest BCUT2D eigenvalue weighted by Crippen LogP contribution is -2.18. The third-order valence-electron chi connectivity index (χ3n) is 2.64. The van der Waals surface area contributed by atoms with Crippen LogP contribution in [0.2, 0.25) is 0 Å². The van der Waals surface area contributed by atoms with E-state index in [1.807, 2.05) is 54.6 Å². The second kappa shape index (κ2) is 6.50. The Bertz CT molecular complexity index is 559. The summed E-state index contributed by atoms with van der Waals surface area (Å²) in [5.41, 5.74) is 3.04. The molecule has 2 rings (SSSR count). The van der Waals surface area contributed by atoms with Gasteiger partial charge in [-0.1, -0.05) is 42.5 Å². The van der Waals surface area contributed by atoms with Crippen molar-refractivity contribution in [3.05, 3.63) is 65.5 Å². The van der Waals surface area contributed by atoms with Crippen LogP contribution in [0.3, 0.4) is 0 Å². The van der Waals surface area contributed by atoms with Crippen molar-refractivity contribution in [2.24, 2.45) is 0 Å². The van der Waals surface area contributed by atoms with Gasteiger partial charge in [-0.3, -0.25) is 9.78 Å². The van der Waals surface area contributed by atoms with Crippen LogP contribution in [-0.4, -0.2) is 10.9 Å². The minimum atomic E-state index is -0.0342. The Balaban J connectivity index is 1.99. The average Bonchev–Trinajstić information content (AvgIpc) is 2.45. The number of nitrogens with zero attached hydrogens (tertiary/aromatic N) is 1. The Morgan fingerprint density at radius 1 is 1.16 bits per heavy atom. The first-order valence-corrected chi connectivity index (χ1v) is 6.16. The molecule has 0 aliphatic heterocycles. The summed E-state index contributed by atoms with van der Waals surface area (Å²) in [4.78, 5) is 15.1. The van der Waals surface area contributed by atoms with Gasteiger partial charge in [0.2, 0.25) is 5.91 Å². The van der Waals surface area contributed by atoms with Crippen LogP contribution in [0.1, 0.15) is 23.7 Å². The van der Waals surface area contributed by atoms with Crippen LogP contribution in [0.25, 0.3) is 12.2 Å². The van der Waals surface area contributed by atoms with Gasteiger partial charge in [0.05, 0.1) is 5.69 Å². The molecule has 3 heteroatoms. The summed E-state index contributed by atoms with van der Waals surface area (Å²) < 4.78 is 0. The summed E-state index contributed by atoms with van der Waals surface area (Å²) in [6.07, 6.45) is 5.77. The zero-order valence-corrected chi connectivity index (χ0v) is 10.8. The second-order valence-electron chi connectivity index (χ2n) is 4.25. The lowest BCUT2D eigenvalue weighted by atomic mass is 10.2. The van der Waals surface area contributed by atoms with Gasteiger partial charge in [0.1, 0.15) is 0 Å². The van der Waals surface area contributed by atoms with Gasteiger partial charge in [0.15, 0.2) is 0 Å². The predicted molar refractivity (Wildman–Crippen MR) is 77.1 cm³/mol. The zero-order valence-electron chi connectivity index (χ0n) is 10.8. The van der Waals surface area contributed by atoms with Gasteiger partial charge in [0, 0.05) is 19.7 Å². The van der Waals surface area contributed by atoms with E-state index in [2.05, 4.69) is 10.3 Å². The maximum atomic E-state index is 10.8. The minimum Gasteiger partial charge on any atom is -0.352 e. The third kappa shape index (κ3) is 4.39. The molecule has 0 unspecified atom stereocenters. The summed E-state index contributed by atoms with van der Waals surface area (Å²) >= 11 is 0. The van der Waals surface area contributed by atoms with Crippen molar-refractivity contribution in [1.82, 2.24) is 10.3 Å². The third-order valence-corrected chi connectivity index (χ3v) is 2.64. The molecule has 0 bridgehead atoms. The molecule has 0 spiro atoms. The second-order valence-corrected chi connectivity index (χ2v) is 4.25. The molecule has 0 saturated heterocycles. The maximum absolute atomic E-state index is 10.8. The molecule has 0 aliphatic carbocycles. The SMILES string of the molecule is CC(=O)NCc1ccc(/C=C/c2ccccc2)nc1. The topological polar surface area (TPSA) is 42.0 Å². The molecule has 0 fully saturated rings. The van der Waals surface area contributed by atoms with E-state index < -0.39 is 0 Å². The van der Waals surface area contributed by atoms with E-state index in [1.54, 1.807) is 6.20 Å². The molecule has 1 N–H and O–H groups in total.